The van der Waals surface area contributed by atoms with Crippen molar-refractivity contribution in [2.75, 3.05) is 19.8 Å². The molecule has 0 atom stereocenters. The molecule has 2 N–H and O–H groups in total. The molecule has 5 nitrogen and oxygen atoms in total. The molecule has 7 heteroatoms. The Bertz CT molecular complexity index is 413. The molecule has 1 heterocycles. The quantitative estimate of drug-likeness (QED) is 0.706. The minimum Gasteiger partial charge on any atom is -0.392 e. The van der Waals surface area contributed by atoms with E-state index >= 15 is 0 Å². The van der Waals surface area contributed by atoms with E-state index in [9.17, 15) is 8.42 Å². The summed E-state index contributed by atoms with van der Waals surface area (Å²) in [5, 5.41) is 10.5. The topological polar surface area (TPSA) is 75.6 Å². The van der Waals surface area contributed by atoms with Crippen molar-refractivity contribution in [3.8, 4) is 0 Å². The van der Waals surface area contributed by atoms with Crippen LogP contribution in [0.2, 0.25) is 0 Å². The van der Waals surface area contributed by atoms with Crippen LogP contribution in [0, 0.1) is 0 Å². The van der Waals surface area contributed by atoms with Crippen LogP contribution in [-0.4, -0.2) is 33.3 Å². The van der Waals surface area contributed by atoms with Gasteiger partial charge >= 0.3 is 0 Å². The molecule has 0 aromatic carbocycles. The maximum Gasteiger partial charge on any atom is 0.250 e. The molecule has 0 radical (unpaired) electrons. The molecular weight excluding hydrogens is 250 g/mol. The van der Waals surface area contributed by atoms with Crippen LogP contribution in [-0.2, 0) is 21.4 Å². The number of thiophene rings is 1. The lowest BCUT2D eigenvalue weighted by Gasteiger charge is -2.04. The number of ether oxygens (including phenoxy) is 1. The van der Waals surface area contributed by atoms with Crippen molar-refractivity contribution in [1.82, 2.24) is 4.72 Å². The van der Waals surface area contributed by atoms with Gasteiger partial charge in [0, 0.05) is 13.2 Å². The molecule has 0 unspecified atom stereocenters. The van der Waals surface area contributed by atoms with Gasteiger partial charge in [0.1, 0.15) is 4.21 Å². The van der Waals surface area contributed by atoms with E-state index in [0.29, 0.717) is 18.8 Å². The van der Waals surface area contributed by atoms with Crippen molar-refractivity contribution in [2.45, 2.75) is 17.7 Å². The van der Waals surface area contributed by atoms with Crippen molar-refractivity contribution in [1.29, 1.82) is 0 Å². The predicted molar refractivity (Wildman–Crippen MR) is 61.9 cm³/mol. The van der Waals surface area contributed by atoms with E-state index in [1.54, 1.807) is 5.38 Å². The second kappa shape index (κ2) is 6.31. The smallest absolute Gasteiger partial charge is 0.250 e. The molecule has 1 rings (SSSR count). The lowest BCUT2D eigenvalue weighted by Crippen LogP contribution is -2.26. The molecule has 1 aromatic heterocycles. The fraction of sp³-hybridized carbons (Fsp3) is 0.556. The summed E-state index contributed by atoms with van der Waals surface area (Å²) >= 11 is 1.09. The summed E-state index contributed by atoms with van der Waals surface area (Å²) in [6, 6.07) is 1.47. The summed E-state index contributed by atoms with van der Waals surface area (Å²) < 4.78 is 31.0. The fourth-order valence-electron chi connectivity index (χ4n) is 1.04. The molecule has 1 aromatic rings. The molecule has 0 aliphatic carbocycles. The third-order valence-electron chi connectivity index (χ3n) is 1.82. The van der Waals surface area contributed by atoms with Crippen molar-refractivity contribution >= 4 is 21.4 Å². The number of hydrogen-bond acceptors (Lipinski definition) is 5. The van der Waals surface area contributed by atoms with Gasteiger partial charge < -0.3 is 9.84 Å². The zero-order valence-electron chi connectivity index (χ0n) is 8.97. The van der Waals surface area contributed by atoms with Gasteiger partial charge in [0.2, 0.25) is 10.0 Å². The van der Waals surface area contributed by atoms with E-state index in [1.807, 2.05) is 6.92 Å². The largest absolute Gasteiger partial charge is 0.392 e. The van der Waals surface area contributed by atoms with Crippen LogP contribution in [0.3, 0.4) is 0 Å². The van der Waals surface area contributed by atoms with Gasteiger partial charge in [0.15, 0.2) is 0 Å². The number of aliphatic hydroxyl groups excluding tert-OH is 1. The first-order chi connectivity index (χ1) is 7.60. The minimum atomic E-state index is -3.45. The molecule has 16 heavy (non-hydrogen) atoms. The maximum absolute atomic E-state index is 11.7. The second-order valence-corrected chi connectivity index (χ2v) is 5.93. The van der Waals surface area contributed by atoms with Crippen LogP contribution in [0.5, 0.6) is 0 Å². The van der Waals surface area contributed by atoms with Crippen molar-refractivity contribution < 1.29 is 18.3 Å². The second-order valence-electron chi connectivity index (χ2n) is 3.03. The van der Waals surface area contributed by atoms with E-state index in [2.05, 4.69) is 4.72 Å². The Labute approximate surface area is 99.1 Å². The van der Waals surface area contributed by atoms with E-state index in [4.69, 9.17) is 9.84 Å². The van der Waals surface area contributed by atoms with Crippen LogP contribution in [0.1, 0.15) is 12.5 Å². The molecular formula is C9H15NO4S2. The van der Waals surface area contributed by atoms with E-state index in [-0.39, 0.29) is 17.4 Å². The zero-order chi connectivity index (χ0) is 12.0. The van der Waals surface area contributed by atoms with Gasteiger partial charge in [0.05, 0.1) is 13.2 Å². The Morgan fingerprint density at radius 2 is 2.31 bits per heavy atom. The number of nitrogens with one attached hydrogen (secondary N) is 1. The minimum absolute atomic E-state index is 0.148. The fourth-order valence-corrected chi connectivity index (χ4v) is 3.30. The Balaban J connectivity index is 2.56. The molecule has 0 saturated carbocycles. The molecule has 0 aliphatic rings. The van der Waals surface area contributed by atoms with Crippen molar-refractivity contribution in [3.63, 3.8) is 0 Å². The average Bonchev–Trinajstić information content (AvgIpc) is 2.73. The first-order valence-electron chi connectivity index (χ1n) is 4.86. The number of hydrogen-bond donors (Lipinski definition) is 2. The molecule has 0 amide bonds. The average molecular weight is 265 g/mol. The van der Waals surface area contributed by atoms with Gasteiger partial charge in [-0.05, 0) is 23.9 Å². The van der Waals surface area contributed by atoms with Crippen LogP contribution in [0.15, 0.2) is 15.7 Å². The number of rotatable bonds is 7. The molecule has 0 bridgehead atoms. The SMILES string of the molecule is CCOCCNS(=O)(=O)c1cc(CO)cs1. The maximum atomic E-state index is 11.7. The highest BCUT2D eigenvalue weighted by atomic mass is 32.2. The van der Waals surface area contributed by atoms with E-state index in [0.717, 1.165) is 11.3 Å². The summed E-state index contributed by atoms with van der Waals surface area (Å²) in [6.45, 7) is 2.87. The third-order valence-corrected chi connectivity index (χ3v) is 4.77. The Kier molecular flexibility index (Phi) is 5.36. The van der Waals surface area contributed by atoms with Gasteiger partial charge in [-0.25, -0.2) is 13.1 Å². The number of sulfonamides is 1. The molecule has 0 spiro atoms. The Hall–Kier alpha value is -0.470. The molecule has 0 saturated heterocycles. The Morgan fingerprint density at radius 1 is 1.56 bits per heavy atom. The molecule has 92 valence electrons. The highest BCUT2D eigenvalue weighted by Gasteiger charge is 2.15. The highest BCUT2D eigenvalue weighted by molar-refractivity contribution is 7.91. The predicted octanol–water partition coefficient (Wildman–Crippen LogP) is 0.555. The van der Waals surface area contributed by atoms with Gasteiger partial charge in [-0.1, -0.05) is 0 Å². The third kappa shape index (κ3) is 3.84. The first kappa shape index (κ1) is 13.6. The summed E-state index contributed by atoms with van der Waals surface area (Å²) in [5.74, 6) is 0. The summed E-state index contributed by atoms with van der Waals surface area (Å²) in [6.07, 6.45) is 0. The van der Waals surface area contributed by atoms with Crippen molar-refractivity contribution in [3.05, 3.63) is 17.0 Å². The Morgan fingerprint density at radius 3 is 2.88 bits per heavy atom. The lowest BCUT2D eigenvalue weighted by molar-refractivity contribution is 0.153. The van der Waals surface area contributed by atoms with Crippen molar-refractivity contribution in [2.24, 2.45) is 0 Å². The standard InChI is InChI=1S/C9H15NO4S2/c1-2-14-4-3-10-16(12,13)9-5-8(6-11)7-15-9/h5,7,10-11H,2-4,6H2,1H3. The van der Waals surface area contributed by atoms with Crippen LogP contribution in [0.4, 0.5) is 0 Å². The van der Waals surface area contributed by atoms with Gasteiger partial charge in [-0.3, -0.25) is 0 Å². The summed E-state index contributed by atoms with van der Waals surface area (Å²) in [7, 11) is -3.45. The van der Waals surface area contributed by atoms with Gasteiger partial charge in [0.25, 0.3) is 0 Å². The highest BCUT2D eigenvalue weighted by Crippen LogP contribution is 2.19. The van der Waals surface area contributed by atoms with Crippen LogP contribution < -0.4 is 4.72 Å². The lowest BCUT2D eigenvalue weighted by atomic mass is 10.4. The number of aliphatic hydroxyl groups is 1. The monoisotopic (exact) mass is 265 g/mol. The van der Waals surface area contributed by atoms with Crippen LogP contribution in [0.25, 0.3) is 0 Å². The summed E-state index contributed by atoms with van der Waals surface area (Å²) in [5.41, 5.74) is 0.607. The zero-order valence-corrected chi connectivity index (χ0v) is 10.6. The van der Waals surface area contributed by atoms with Crippen LogP contribution >= 0.6 is 11.3 Å². The first-order valence-corrected chi connectivity index (χ1v) is 7.22. The molecule has 0 aliphatic heterocycles. The van der Waals surface area contributed by atoms with Gasteiger partial charge in [-0.2, -0.15) is 0 Å². The van der Waals surface area contributed by atoms with E-state index < -0.39 is 10.0 Å². The molecule has 0 fully saturated rings. The summed E-state index contributed by atoms with van der Waals surface area (Å²) in [4.78, 5) is 0. The normalized spacial score (nSPS) is 11.9. The van der Waals surface area contributed by atoms with Gasteiger partial charge in [-0.15, -0.1) is 11.3 Å². The van der Waals surface area contributed by atoms with E-state index in [1.165, 1.54) is 6.07 Å².